The summed E-state index contributed by atoms with van der Waals surface area (Å²) >= 11 is 0. The molecule has 0 radical (unpaired) electrons. The van der Waals surface area contributed by atoms with Crippen LogP contribution in [0, 0.1) is 10.1 Å². The van der Waals surface area contributed by atoms with E-state index in [0.717, 1.165) is 17.1 Å². The molecule has 0 aliphatic carbocycles. The number of hydrogen-bond acceptors (Lipinski definition) is 5. The molecule has 0 aliphatic rings. The van der Waals surface area contributed by atoms with E-state index in [2.05, 4.69) is 29.1 Å². The lowest BCUT2D eigenvalue weighted by Crippen LogP contribution is -2.03. The molecule has 0 atom stereocenters. The Morgan fingerprint density at radius 1 is 1.25 bits per heavy atom. The molecule has 0 saturated carbocycles. The van der Waals surface area contributed by atoms with Crippen LogP contribution in [-0.2, 0) is 6.54 Å². The predicted octanol–water partition coefficient (Wildman–Crippen LogP) is 3.12. The third kappa shape index (κ3) is 3.50. The Morgan fingerprint density at radius 2 is 1.95 bits per heavy atom. The van der Waals surface area contributed by atoms with Gasteiger partial charge in [-0.3, -0.25) is 10.1 Å². The van der Waals surface area contributed by atoms with Crippen LogP contribution in [0.4, 0.5) is 11.5 Å². The monoisotopic (exact) mass is 272 g/mol. The molecule has 0 aliphatic heterocycles. The summed E-state index contributed by atoms with van der Waals surface area (Å²) in [5.41, 5.74) is 2.03. The second kappa shape index (κ2) is 6.10. The summed E-state index contributed by atoms with van der Waals surface area (Å²) in [4.78, 5) is 18.5. The number of hydrogen-bond donors (Lipinski definition) is 1. The van der Waals surface area contributed by atoms with Crippen LogP contribution in [0.5, 0.6) is 0 Å². The molecule has 1 aromatic carbocycles. The van der Waals surface area contributed by atoms with Crippen LogP contribution in [0.2, 0.25) is 0 Å². The van der Waals surface area contributed by atoms with Gasteiger partial charge in [0.15, 0.2) is 0 Å². The molecule has 0 fully saturated rings. The Hall–Kier alpha value is -2.50. The lowest BCUT2D eigenvalue weighted by Gasteiger charge is -2.08. The van der Waals surface area contributed by atoms with Gasteiger partial charge in [-0.25, -0.2) is 9.97 Å². The van der Waals surface area contributed by atoms with Crippen LogP contribution in [0.25, 0.3) is 0 Å². The molecule has 0 spiro atoms. The maximum absolute atomic E-state index is 10.6. The van der Waals surface area contributed by atoms with Crippen LogP contribution < -0.4 is 5.32 Å². The molecule has 2 aromatic rings. The van der Waals surface area contributed by atoms with Crippen molar-refractivity contribution in [3.63, 3.8) is 0 Å². The quantitative estimate of drug-likeness (QED) is 0.668. The maximum atomic E-state index is 10.6. The van der Waals surface area contributed by atoms with E-state index in [1.165, 1.54) is 18.5 Å². The number of nitro groups is 1. The number of rotatable bonds is 5. The van der Waals surface area contributed by atoms with E-state index in [-0.39, 0.29) is 5.69 Å². The number of benzene rings is 1. The first-order valence-corrected chi connectivity index (χ1v) is 6.35. The molecule has 104 valence electrons. The molecular weight excluding hydrogens is 256 g/mol. The summed E-state index contributed by atoms with van der Waals surface area (Å²) in [7, 11) is 0. The Morgan fingerprint density at radius 3 is 2.55 bits per heavy atom. The minimum Gasteiger partial charge on any atom is -0.366 e. The lowest BCUT2D eigenvalue weighted by atomic mass is 10.1. The Balaban J connectivity index is 2.01. The van der Waals surface area contributed by atoms with Crippen molar-refractivity contribution < 1.29 is 4.92 Å². The largest absolute Gasteiger partial charge is 0.366 e. The maximum Gasteiger partial charge on any atom is 0.269 e. The molecule has 6 nitrogen and oxygen atoms in total. The summed E-state index contributed by atoms with van der Waals surface area (Å²) < 4.78 is 0. The van der Waals surface area contributed by atoms with Crippen molar-refractivity contribution in [1.82, 2.24) is 9.97 Å². The van der Waals surface area contributed by atoms with Crippen LogP contribution in [-0.4, -0.2) is 14.9 Å². The number of nitrogens with one attached hydrogen (secondary N) is 1. The van der Waals surface area contributed by atoms with Crippen molar-refractivity contribution in [3.05, 3.63) is 58.0 Å². The molecule has 1 aromatic heterocycles. The van der Waals surface area contributed by atoms with Gasteiger partial charge in [0.1, 0.15) is 12.1 Å². The minimum absolute atomic E-state index is 0.0953. The summed E-state index contributed by atoms with van der Waals surface area (Å²) in [6, 6.07) is 8.37. The van der Waals surface area contributed by atoms with E-state index in [0.29, 0.717) is 12.5 Å². The molecule has 0 saturated heterocycles. The van der Waals surface area contributed by atoms with Gasteiger partial charge in [-0.15, -0.1) is 0 Å². The zero-order valence-electron chi connectivity index (χ0n) is 11.4. The molecule has 0 bridgehead atoms. The summed E-state index contributed by atoms with van der Waals surface area (Å²) in [6.45, 7) is 4.71. The number of nitrogens with zero attached hydrogens (tertiary/aromatic N) is 3. The Labute approximate surface area is 117 Å². The highest BCUT2D eigenvalue weighted by Crippen LogP contribution is 2.15. The van der Waals surface area contributed by atoms with Gasteiger partial charge >= 0.3 is 0 Å². The van der Waals surface area contributed by atoms with Crippen LogP contribution in [0.3, 0.4) is 0 Å². The van der Waals surface area contributed by atoms with Crippen LogP contribution in [0.1, 0.15) is 31.0 Å². The van der Waals surface area contributed by atoms with Gasteiger partial charge in [0.2, 0.25) is 0 Å². The van der Waals surface area contributed by atoms with E-state index >= 15 is 0 Å². The fourth-order valence-corrected chi connectivity index (χ4v) is 1.71. The predicted molar refractivity (Wildman–Crippen MR) is 76.5 cm³/mol. The van der Waals surface area contributed by atoms with Gasteiger partial charge in [0.25, 0.3) is 5.69 Å². The first-order valence-electron chi connectivity index (χ1n) is 6.35. The fourth-order valence-electron chi connectivity index (χ4n) is 1.71. The third-order valence-electron chi connectivity index (χ3n) is 2.90. The first kappa shape index (κ1) is 13.9. The summed E-state index contributed by atoms with van der Waals surface area (Å²) in [5, 5.41) is 13.7. The smallest absolute Gasteiger partial charge is 0.269 e. The molecule has 2 rings (SSSR count). The molecule has 0 amide bonds. The van der Waals surface area contributed by atoms with Crippen LogP contribution in [0.15, 0.2) is 36.7 Å². The average Bonchev–Trinajstić information content (AvgIpc) is 2.46. The minimum atomic E-state index is -0.406. The zero-order chi connectivity index (χ0) is 14.5. The van der Waals surface area contributed by atoms with Gasteiger partial charge in [0.05, 0.1) is 4.92 Å². The van der Waals surface area contributed by atoms with Crippen LogP contribution >= 0.6 is 0 Å². The summed E-state index contributed by atoms with van der Waals surface area (Å²) in [5.74, 6) is 1.10. The number of anilines is 1. The number of nitro benzene ring substituents is 1. The topological polar surface area (TPSA) is 81.0 Å². The van der Waals surface area contributed by atoms with Gasteiger partial charge in [-0.1, -0.05) is 26.0 Å². The highest BCUT2D eigenvalue weighted by Gasteiger charge is 2.05. The van der Waals surface area contributed by atoms with Crippen molar-refractivity contribution in [2.45, 2.75) is 26.3 Å². The SMILES string of the molecule is CC(C)c1cc(NCc2ccc([N+](=O)[O-])cc2)ncn1. The molecule has 1 N–H and O–H groups in total. The first-order chi connectivity index (χ1) is 9.56. The number of non-ortho nitro benzene ring substituents is 1. The normalized spacial score (nSPS) is 10.6. The Bertz CT molecular complexity index is 596. The van der Waals surface area contributed by atoms with Gasteiger partial charge in [-0.05, 0) is 11.5 Å². The van der Waals surface area contributed by atoms with E-state index < -0.39 is 4.92 Å². The highest BCUT2D eigenvalue weighted by molar-refractivity contribution is 5.38. The highest BCUT2D eigenvalue weighted by atomic mass is 16.6. The van der Waals surface area contributed by atoms with Gasteiger partial charge in [0, 0.05) is 30.4 Å². The number of aromatic nitrogens is 2. The lowest BCUT2D eigenvalue weighted by molar-refractivity contribution is -0.384. The van der Waals surface area contributed by atoms with Crippen molar-refractivity contribution in [3.8, 4) is 0 Å². The second-order valence-electron chi connectivity index (χ2n) is 4.76. The van der Waals surface area contributed by atoms with E-state index in [9.17, 15) is 10.1 Å². The fraction of sp³-hybridized carbons (Fsp3) is 0.286. The molecule has 1 heterocycles. The molecular formula is C14H16N4O2. The Kier molecular flexibility index (Phi) is 4.24. The second-order valence-corrected chi connectivity index (χ2v) is 4.76. The van der Waals surface area contributed by atoms with Gasteiger partial charge in [-0.2, -0.15) is 0 Å². The van der Waals surface area contributed by atoms with E-state index in [1.807, 2.05) is 6.07 Å². The van der Waals surface area contributed by atoms with E-state index in [1.54, 1.807) is 12.1 Å². The molecule has 20 heavy (non-hydrogen) atoms. The average molecular weight is 272 g/mol. The molecule has 0 unspecified atom stereocenters. The van der Waals surface area contributed by atoms with Crippen molar-refractivity contribution >= 4 is 11.5 Å². The standard InChI is InChI=1S/C14H16N4O2/c1-10(2)13-7-14(17-9-16-13)15-8-11-3-5-12(6-4-11)18(19)20/h3-7,9-10H,8H2,1-2H3,(H,15,16,17). The third-order valence-corrected chi connectivity index (χ3v) is 2.90. The van der Waals surface area contributed by atoms with Crippen molar-refractivity contribution in [2.75, 3.05) is 5.32 Å². The van der Waals surface area contributed by atoms with Gasteiger partial charge < -0.3 is 5.32 Å². The van der Waals surface area contributed by atoms with E-state index in [4.69, 9.17) is 0 Å². The molecule has 6 heteroatoms. The zero-order valence-corrected chi connectivity index (χ0v) is 11.4. The van der Waals surface area contributed by atoms with Crippen molar-refractivity contribution in [1.29, 1.82) is 0 Å². The summed E-state index contributed by atoms with van der Waals surface area (Å²) in [6.07, 6.45) is 1.54. The van der Waals surface area contributed by atoms with Crippen molar-refractivity contribution in [2.24, 2.45) is 0 Å².